The van der Waals surface area contributed by atoms with Crippen LogP contribution < -0.4 is 4.74 Å². The van der Waals surface area contributed by atoms with Crippen molar-refractivity contribution in [1.82, 2.24) is 0 Å². The highest BCUT2D eigenvalue weighted by Crippen LogP contribution is 2.21. The highest BCUT2D eigenvalue weighted by molar-refractivity contribution is 6.65. The predicted molar refractivity (Wildman–Crippen MR) is 92.9 cm³/mol. The van der Waals surface area contributed by atoms with Crippen LogP contribution in [0, 0.1) is 0 Å². The van der Waals surface area contributed by atoms with Gasteiger partial charge in [0, 0.05) is 27.4 Å². The first-order valence-corrected chi connectivity index (χ1v) is 10.0. The second-order valence-corrected chi connectivity index (χ2v) is 7.76. The van der Waals surface area contributed by atoms with E-state index in [2.05, 4.69) is 0 Å². The van der Waals surface area contributed by atoms with Crippen molar-refractivity contribution in [2.75, 3.05) is 6.61 Å². The Morgan fingerprint density at radius 1 is 0.923 bits per heavy atom. The summed E-state index contributed by atoms with van der Waals surface area (Å²) in [5.74, 6) is -1.53. The molecule has 0 N–H and O–H groups in total. The molecule has 1 rings (SSSR count). The first-order valence-electron chi connectivity index (χ1n) is 8.11. The van der Waals surface area contributed by atoms with Crippen molar-refractivity contribution >= 4 is 26.7 Å². The Bertz CT molecular complexity index is 587. The van der Waals surface area contributed by atoms with E-state index in [-0.39, 0.29) is 6.04 Å². The standard InChI is InChI=1S/C17H24O8Si/c1-6-21-15(5)22-17-9-7-16(8-10-17)11-26(23-12(2)18,24-13(3)19)25-14(4)20/h7-10,15H,6,11H2,1-5H3. The zero-order chi connectivity index (χ0) is 19.7. The minimum absolute atomic E-state index is 0.0347. The molecule has 26 heavy (non-hydrogen) atoms. The molecule has 0 spiro atoms. The Hall–Kier alpha value is -2.39. The second-order valence-electron chi connectivity index (χ2n) is 5.43. The maximum atomic E-state index is 11.4. The molecule has 1 aromatic carbocycles. The third-order valence-electron chi connectivity index (χ3n) is 2.95. The second kappa shape index (κ2) is 9.93. The molecule has 1 aromatic rings. The first kappa shape index (κ1) is 21.6. The molecule has 0 aliphatic carbocycles. The fourth-order valence-corrected chi connectivity index (χ4v) is 4.62. The van der Waals surface area contributed by atoms with Crippen LogP contribution in [0.4, 0.5) is 0 Å². The number of ether oxygens (including phenoxy) is 2. The van der Waals surface area contributed by atoms with Gasteiger partial charge in [-0.1, -0.05) is 12.1 Å². The average molecular weight is 384 g/mol. The maximum Gasteiger partial charge on any atom is 0.709 e. The Morgan fingerprint density at radius 2 is 1.38 bits per heavy atom. The number of rotatable bonds is 9. The van der Waals surface area contributed by atoms with Gasteiger partial charge in [0.15, 0.2) is 6.29 Å². The van der Waals surface area contributed by atoms with Gasteiger partial charge in [-0.2, -0.15) is 0 Å². The number of carbonyl (C=O) groups excluding carboxylic acids is 3. The average Bonchev–Trinajstić information content (AvgIpc) is 2.47. The van der Waals surface area contributed by atoms with E-state index in [1.807, 2.05) is 6.92 Å². The lowest BCUT2D eigenvalue weighted by molar-refractivity contribution is -0.147. The van der Waals surface area contributed by atoms with Crippen LogP contribution in [-0.2, 0) is 38.4 Å². The van der Waals surface area contributed by atoms with Crippen LogP contribution in [0.3, 0.4) is 0 Å². The van der Waals surface area contributed by atoms with E-state index in [1.165, 1.54) is 0 Å². The van der Waals surface area contributed by atoms with Gasteiger partial charge in [0.05, 0.1) is 6.04 Å². The summed E-state index contributed by atoms with van der Waals surface area (Å²) < 4.78 is 26.3. The van der Waals surface area contributed by atoms with E-state index >= 15 is 0 Å². The molecular formula is C17H24O8Si. The lowest BCUT2D eigenvalue weighted by atomic mass is 10.2. The molecule has 0 fully saturated rings. The van der Waals surface area contributed by atoms with Crippen molar-refractivity contribution in [3.8, 4) is 5.75 Å². The zero-order valence-corrected chi connectivity index (χ0v) is 16.6. The Balaban J connectivity index is 2.99. The van der Waals surface area contributed by atoms with Crippen LogP contribution in [0.25, 0.3) is 0 Å². The van der Waals surface area contributed by atoms with Gasteiger partial charge in [-0.15, -0.1) is 0 Å². The van der Waals surface area contributed by atoms with Crippen LogP contribution in [0.15, 0.2) is 24.3 Å². The molecule has 0 aliphatic rings. The van der Waals surface area contributed by atoms with Gasteiger partial charge in [0.1, 0.15) is 5.75 Å². The van der Waals surface area contributed by atoms with Crippen LogP contribution in [0.1, 0.15) is 40.2 Å². The van der Waals surface area contributed by atoms with Crippen molar-refractivity contribution in [2.45, 2.75) is 47.0 Å². The van der Waals surface area contributed by atoms with Crippen molar-refractivity contribution in [2.24, 2.45) is 0 Å². The first-order chi connectivity index (χ1) is 12.2. The highest BCUT2D eigenvalue weighted by atomic mass is 28.4. The molecule has 0 saturated heterocycles. The minimum atomic E-state index is -3.90. The van der Waals surface area contributed by atoms with Crippen LogP contribution in [-0.4, -0.2) is 39.6 Å². The molecule has 0 aromatic heterocycles. The SMILES string of the molecule is CCOC(C)Oc1ccc(C[Si](OC(C)=O)(OC(C)=O)OC(C)=O)cc1. The summed E-state index contributed by atoms with van der Waals surface area (Å²) in [5.41, 5.74) is 0.650. The topological polar surface area (TPSA) is 97.4 Å². The Morgan fingerprint density at radius 3 is 1.77 bits per heavy atom. The van der Waals surface area contributed by atoms with Crippen molar-refractivity contribution in [3.05, 3.63) is 29.8 Å². The predicted octanol–water partition coefficient (Wildman–Crippen LogP) is 2.16. The molecule has 0 aliphatic heterocycles. The summed E-state index contributed by atoms with van der Waals surface area (Å²) in [4.78, 5) is 34.3. The smallest absolute Gasteiger partial charge is 0.465 e. The summed E-state index contributed by atoms with van der Waals surface area (Å²) >= 11 is 0. The molecule has 0 amide bonds. The van der Waals surface area contributed by atoms with Crippen molar-refractivity contribution in [1.29, 1.82) is 0 Å². The molecule has 8 nitrogen and oxygen atoms in total. The normalized spacial score (nSPS) is 12.0. The largest absolute Gasteiger partial charge is 0.709 e. The van der Waals surface area contributed by atoms with E-state index in [9.17, 15) is 14.4 Å². The summed E-state index contributed by atoms with van der Waals surface area (Å²) in [7, 11) is -3.90. The zero-order valence-electron chi connectivity index (χ0n) is 15.6. The fraction of sp³-hybridized carbons (Fsp3) is 0.471. The molecule has 1 unspecified atom stereocenters. The van der Waals surface area contributed by atoms with Gasteiger partial charge in [0.25, 0.3) is 17.9 Å². The summed E-state index contributed by atoms with van der Waals surface area (Å²) in [5, 5.41) is 0. The van der Waals surface area contributed by atoms with Gasteiger partial charge in [-0.3, -0.25) is 14.4 Å². The highest BCUT2D eigenvalue weighted by Gasteiger charge is 2.52. The monoisotopic (exact) mass is 384 g/mol. The molecule has 0 bridgehead atoms. The van der Waals surface area contributed by atoms with Gasteiger partial charge in [-0.05, 0) is 31.5 Å². The summed E-state index contributed by atoms with van der Waals surface area (Å²) in [6.07, 6.45) is -0.401. The van der Waals surface area contributed by atoms with Crippen molar-refractivity contribution in [3.63, 3.8) is 0 Å². The number of hydrogen-bond acceptors (Lipinski definition) is 8. The number of carbonyl (C=O) groups is 3. The molecule has 0 saturated carbocycles. The van der Waals surface area contributed by atoms with Crippen LogP contribution in [0.5, 0.6) is 5.75 Å². The number of benzene rings is 1. The van der Waals surface area contributed by atoms with Gasteiger partial charge in [0.2, 0.25) is 0 Å². The molecule has 0 heterocycles. The van der Waals surface area contributed by atoms with Crippen molar-refractivity contribution < 1.29 is 37.1 Å². The van der Waals surface area contributed by atoms with Gasteiger partial charge >= 0.3 is 8.80 Å². The molecule has 0 radical (unpaired) electrons. The van der Waals surface area contributed by atoms with Crippen LogP contribution >= 0.6 is 0 Å². The Kier molecular flexibility index (Phi) is 8.27. The quantitative estimate of drug-likeness (QED) is 0.472. The molecule has 9 heteroatoms. The lowest BCUT2D eigenvalue weighted by Gasteiger charge is -2.26. The summed E-state index contributed by atoms with van der Waals surface area (Å²) in [6, 6.07) is 6.75. The van der Waals surface area contributed by atoms with E-state index in [0.717, 1.165) is 20.8 Å². The minimum Gasteiger partial charge on any atom is -0.465 e. The number of hydrogen-bond donors (Lipinski definition) is 0. The lowest BCUT2D eigenvalue weighted by Crippen LogP contribution is -2.51. The fourth-order valence-electron chi connectivity index (χ4n) is 2.22. The molecule has 1 atom stereocenters. The Labute approximate surface area is 153 Å². The summed E-state index contributed by atoms with van der Waals surface area (Å²) in [6.45, 7) is 7.63. The van der Waals surface area contributed by atoms with E-state index < -0.39 is 33.0 Å². The molecular weight excluding hydrogens is 360 g/mol. The van der Waals surface area contributed by atoms with E-state index in [1.54, 1.807) is 31.2 Å². The third-order valence-corrected chi connectivity index (χ3v) is 5.58. The maximum absolute atomic E-state index is 11.4. The van der Waals surface area contributed by atoms with Gasteiger partial charge < -0.3 is 22.8 Å². The third kappa shape index (κ3) is 7.66. The van der Waals surface area contributed by atoms with Crippen LogP contribution in [0.2, 0.25) is 0 Å². The van der Waals surface area contributed by atoms with E-state index in [4.69, 9.17) is 22.8 Å². The van der Waals surface area contributed by atoms with E-state index in [0.29, 0.717) is 17.9 Å². The molecule has 144 valence electrons. The van der Waals surface area contributed by atoms with Gasteiger partial charge in [-0.25, -0.2) is 0 Å².